The summed E-state index contributed by atoms with van der Waals surface area (Å²) in [5.41, 5.74) is 1.13. The monoisotopic (exact) mass is 462 g/mol. The quantitative estimate of drug-likeness (QED) is 0.556. The van der Waals surface area contributed by atoms with E-state index in [2.05, 4.69) is 16.3 Å². The van der Waals surface area contributed by atoms with Crippen LogP contribution in [0.15, 0.2) is 35.7 Å². The molecule has 2 aliphatic rings. The van der Waals surface area contributed by atoms with Gasteiger partial charge in [-0.2, -0.15) is 0 Å². The maximum absolute atomic E-state index is 13.4. The molecule has 1 aromatic carbocycles. The van der Waals surface area contributed by atoms with Gasteiger partial charge in [0.05, 0.1) is 25.3 Å². The van der Waals surface area contributed by atoms with Crippen LogP contribution in [0.25, 0.3) is 0 Å². The summed E-state index contributed by atoms with van der Waals surface area (Å²) in [7, 11) is 1.57. The number of halogens is 1. The fourth-order valence-electron chi connectivity index (χ4n) is 4.28. The first-order chi connectivity index (χ1) is 15.5. The first-order valence-corrected chi connectivity index (χ1v) is 12.0. The van der Waals surface area contributed by atoms with Gasteiger partial charge in [-0.05, 0) is 66.5 Å². The largest absolute Gasteiger partial charge is 0.491 e. The summed E-state index contributed by atoms with van der Waals surface area (Å²) in [5, 5.41) is 12.3. The van der Waals surface area contributed by atoms with Crippen LogP contribution in [0.3, 0.4) is 0 Å². The maximum Gasteiger partial charge on any atom is 0.237 e. The molecule has 2 atom stereocenters. The van der Waals surface area contributed by atoms with E-state index in [0.29, 0.717) is 31.4 Å². The van der Waals surface area contributed by atoms with Gasteiger partial charge >= 0.3 is 0 Å². The van der Waals surface area contributed by atoms with Crippen molar-refractivity contribution in [2.75, 3.05) is 46.5 Å². The molecule has 1 amide bonds. The summed E-state index contributed by atoms with van der Waals surface area (Å²) >= 11 is 1.71. The highest BCUT2D eigenvalue weighted by Gasteiger charge is 2.34. The molecule has 174 valence electrons. The molecule has 0 bridgehead atoms. The highest BCUT2D eigenvalue weighted by molar-refractivity contribution is 7.10. The molecule has 0 saturated heterocycles. The van der Waals surface area contributed by atoms with E-state index in [1.54, 1.807) is 30.6 Å². The van der Waals surface area contributed by atoms with Crippen molar-refractivity contribution in [1.82, 2.24) is 9.80 Å². The van der Waals surface area contributed by atoms with Crippen molar-refractivity contribution >= 4 is 17.2 Å². The van der Waals surface area contributed by atoms with E-state index in [0.717, 1.165) is 18.5 Å². The third-order valence-electron chi connectivity index (χ3n) is 6.04. The zero-order valence-corrected chi connectivity index (χ0v) is 19.2. The molecular weight excluding hydrogens is 431 g/mol. The number of hydrogen-bond donors (Lipinski definition) is 1. The molecule has 1 aliphatic carbocycles. The molecule has 2 heterocycles. The van der Waals surface area contributed by atoms with Crippen LogP contribution in [0, 0.1) is 11.7 Å². The van der Waals surface area contributed by atoms with E-state index in [9.17, 15) is 14.3 Å². The lowest BCUT2D eigenvalue weighted by atomic mass is 10.0. The molecule has 1 fully saturated rings. The molecule has 2 aromatic rings. The van der Waals surface area contributed by atoms with Crippen LogP contribution in [0.5, 0.6) is 5.75 Å². The van der Waals surface area contributed by atoms with Crippen LogP contribution in [0.2, 0.25) is 0 Å². The van der Waals surface area contributed by atoms with Crippen molar-refractivity contribution in [3.63, 3.8) is 0 Å². The molecule has 8 heteroatoms. The van der Waals surface area contributed by atoms with Crippen LogP contribution in [0.1, 0.15) is 29.3 Å². The van der Waals surface area contributed by atoms with Gasteiger partial charge in [0, 0.05) is 31.6 Å². The third-order valence-corrected chi connectivity index (χ3v) is 7.03. The zero-order valence-electron chi connectivity index (χ0n) is 18.4. The Morgan fingerprint density at radius 2 is 2.09 bits per heavy atom. The summed E-state index contributed by atoms with van der Waals surface area (Å²) in [6.45, 7) is 2.72. The SMILES string of the molecule is COC[C@@H](O)CN(CC(=O)N1CCc2sccc2[C@@H]1COc1ccc(F)cc1)CC1CC1. The lowest BCUT2D eigenvalue weighted by Gasteiger charge is -2.37. The number of rotatable bonds is 11. The van der Waals surface area contributed by atoms with Gasteiger partial charge in [0.25, 0.3) is 0 Å². The average molecular weight is 463 g/mol. The number of carbonyl (C=O) groups is 1. The first-order valence-electron chi connectivity index (χ1n) is 11.2. The minimum absolute atomic E-state index is 0.0415. The standard InChI is InChI=1S/C24H31FN2O4S/c1-30-15-19(28)13-26(12-17-2-3-17)14-24(29)27-10-8-23-21(9-11-32-23)22(27)16-31-20-6-4-18(25)5-7-20/h4-7,9,11,17,19,22,28H,2-3,8,10,12-16H2,1H3/t19-,22-/m0/s1. The number of ether oxygens (including phenoxy) is 2. The van der Waals surface area contributed by atoms with E-state index >= 15 is 0 Å². The molecule has 0 spiro atoms. The Bertz CT molecular complexity index is 886. The van der Waals surface area contributed by atoms with E-state index in [1.807, 2.05) is 4.90 Å². The van der Waals surface area contributed by atoms with Gasteiger partial charge < -0.3 is 19.5 Å². The van der Waals surface area contributed by atoms with Crippen molar-refractivity contribution in [3.05, 3.63) is 52.0 Å². The zero-order chi connectivity index (χ0) is 22.5. The first kappa shape index (κ1) is 23.2. The number of carbonyl (C=O) groups excluding carboxylic acids is 1. The number of aliphatic hydroxyl groups is 1. The number of thiophene rings is 1. The summed E-state index contributed by atoms with van der Waals surface area (Å²) in [4.78, 5) is 18.7. The Morgan fingerprint density at radius 1 is 1.31 bits per heavy atom. The van der Waals surface area contributed by atoms with Crippen LogP contribution in [-0.2, 0) is 16.0 Å². The van der Waals surface area contributed by atoms with Gasteiger partial charge in [0.1, 0.15) is 18.2 Å². The molecule has 0 unspecified atom stereocenters. The van der Waals surface area contributed by atoms with E-state index in [-0.39, 0.29) is 30.9 Å². The Morgan fingerprint density at radius 3 is 2.81 bits per heavy atom. The van der Waals surface area contributed by atoms with Crippen molar-refractivity contribution in [3.8, 4) is 5.75 Å². The van der Waals surface area contributed by atoms with E-state index in [4.69, 9.17) is 9.47 Å². The number of fused-ring (bicyclic) bond motifs is 1. The number of aliphatic hydroxyl groups excluding tert-OH is 1. The fourth-order valence-corrected chi connectivity index (χ4v) is 5.20. The van der Waals surface area contributed by atoms with Gasteiger partial charge in [0.2, 0.25) is 5.91 Å². The van der Waals surface area contributed by atoms with Crippen LogP contribution >= 0.6 is 11.3 Å². The van der Waals surface area contributed by atoms with E-state index < -0.39 is 6.10 Å². The molecule has 6 nitrogen and oxygen atoms in total. The smallest absolute Gasteiger partial charge is 0.237 e. The minimum Gasteiger partial charge on any atom is -0.491 e. The lowest BCUT2D eigenvalue weighted by molar-refractivity contribution is -0.136. The number of methoxy groups -OCH3 is 1. The topological polar surface area (TPSA) is 62.2 Å². The van der Waals surface area contributed by atoms with Crippen LogP contribution in [-0.4, -0.2) is 73.4 Å². The predicted octanol–water partition coefficient (Wildman–Crippen LogP) is 3.11. The van der Waals surface area contributed by atoms with Gasteiger partial charge in [-0.25, -0.2) is 4.39 Å². The van der Waals surface area contributed by atoms with Crippen molar-refractivity contribution < 1.29 is 23.8 Å². The Kier molecular flexibility index (Phi) is 7.78. The predicted molar refractivity (Wildman–Crippen MR) is 121 cm³/mol. The molecule has 1 aliphatic heterocycles. The molecule has 4 rings (SSSR count). The summed E-state index contributed by atoms with van der Waals surface area (Å²) in [6, 6.07) is 7.84. The fraction of sp³-hybridized carbons (Fsp3) is 0.542. The molecule has 1 aromatic heterocycles. The molecule has 1 saturated carbocycles. The van der Waals surface area contributed by atoms with Gasteiger partial charge in [-0.15, -0.1) is 11.3 Å². The number of hydrogen-bond acceptors (Lipinski definition) is 6. The van der Waals surface area contributed by atoms with Crippen molar-refractivity contribution in [2.24, 2.45) is 5.92 Å². The van der Waals surface area contributed by atoms with Crippen LogP contribution < -0.4 is 4.74 Å². The second kappa shape index (κ2) is 10.7. The molecular formula is C24H31FN2O4S. The van der Waals surface area contributed by atoms with Gasteiger partial charge in [-0.1, -0.05) is 0 Å². The van der Waals surface area contributed by atoms with Gasteiger partial charge in [-0.3, -0.25) is 9.69 Å². The molecule has 1 N–H and O–H groups in total. The van der Waals surface area contributed by atoms with E-state index in [1.165, 1.54) is 29.9 Å². The number of amides is 1. The summed E-state index contributed by atoms with van der Waals surface area (Å²) in [6.07, 6.45) is 2.58. The highest BCUT2D eigenvalue weighted by atomic mass is 32.1. The number of benzene rings is 1. The van der Waals surface area contributed by atoms with Gasteiger partial charge in [0.15, 0.2) is 0 Å². The normalized spacial score (nSPS) is 19.1. The number of nitrogens with zero attached hydrogens (tertiary/aromatic N) is 2. The van der Waals surface area contributed by atoms with Crippen LogP contribution in [0.4, 0.5) is 4.39 Å². The lowest BCUT2D eigenvalue weighted by Crippen LogP contribution is -2.48. The molecule has 32 heavy (non-hydrogen) atoms. The second-order valence-electron chi connectivity index (χ2n) is 8.66. The Balaban J connectivity index is 1.44. The summed E-state index contributed by atoms with van der Waals surface area (Å²) in [5.74, 6) is 0.928. The maximum atomic E-state index is 13.4. The van der Waals surface area contributed by atoms with Crippen molar-refractivity contribution in [1.29, 1.82) is 0 Å². The average Bonchev–Trinajstić information content (AvgIpc) is 3.45. The Hall–Kier alpha value is -2.00. The summed E-state index contributed by atoms with van der Waals surface area (Å²) < 4.78 is 24.2. The highest BCUT2D eigenvalue weighted by Crippen LogP contribution is 2.34. The third kappa shape index (κ3) is 6.07. The Labute approximate surface area is 192 Å². The minimum atomic E-state index is -0.617. The van der Waals surface area contributed by atoms with Crippen molar-refractivity contribution in [2.45, 2.75) is 31.4 Å². The molecule has 0 radical (unpaired) electrons. The second-order valence-corrected chi connectivity index (χ2v) is 9.66.